The molecular formula is C14H19NO5. The molecule has 0 aliphatic carbocycles. The number of carbonyl (C=O) groups is 2. The number of amides is 1. The Morgan fingerprint density at radius 1 is 1.20 bits per heavy atom. The van der Waals surface area contributed by atoms with E-state index < -0.39 is 17.9 Å². The first kappa shape index (κ1) is 15.8. The summed E-state index contributed by atoms with van der Waals surface area (Å²) in [5.41, 5.74) is 0.235. The maximum atomic E-state index is 12.2. The van der Waals surface area contributed by atoms with E-state index in [1.165, 1.54) is 20.3 Å². The highest BCUT2D eigenvalue weighted by Crippen LogP contribution is 2.24. The second kappa shape index (κ2) is 6.79. The van der Waals surface area contributed by atoms with E-state index in [1.807, 2.05) is 0 Å². The molecule has 2 N–H and O–H groups in total. The molecule has 0 aromatic heterocycles. The lowest BCUT2D eigenvalue weighted by molar-refractivity contribution is -0.140. The molecule has 0 spiro atoms. The van der Waals surface area contributed by atoms with Crippen molar-refractivity contribution in [2.45, 2.75) is 19.9 Å². The van der Waals surface area contributed by atoms with Crippen molar-refractivity contribution in [3.05, 3.63) is 23.8 Å². The molecule has 1 aromatic carbocycles. The van der Waals surface area contributed by atoms with Crippen LogP contribution in [-0.4, -0.2) is 37.2 Å². The van der Waals surface area contributed by atoms with Gasteiger partial charge in [0.25, 0.3) is 5.91 Å². The van der Waals surface area contributed by atoms with Crippen molar-refractivity contribution in [3.8, 4) is 11.5 Å². The molecule has 1 atom stereocenters. The van der Waals surface area contributed by atoms with Crippen molar-refractivity contribution in [2.75, 3.05) is 14.2 Å². The first-order valence-corrected chi connectivity index (χ1v) is 6.16. The number of methoxy groups -OCH3 is 2. The third-order valence-corrected chi connectivity index (χ3v) is 2.87. The van der Waals surface area contributed by atoms with Crippen LogP contribution in [0.25, 0.3) is 0 Å². The number of ether oxygens (including phenoxy) is 2. The highest BCUT2D eigenvalue weighted by Gasteiger charge is 2.25. The molecule has 6 heteroatoms. The monoisotopic (exact) mass is 281 g/mol. The molecule has 0 aliphatic rings. The first-order valence-electron chi connectivity index (χ1n) is 6.16. The van der Waals surface area contributed by atoms with Gasteiger partial charge in [0.05, 0.1) is 19.8 Å². The second-order valence-electron chi connectivity index (χ2n) is 4.60. The van der Waals surface area contributed by atoms with Crippen LogP contribution in [-0.2, 0) is 4.79 Å². The molecule has 0 unspecified atom stereocenters. The van der Waals surface area contributed by atoms with Crippen LogP contribution in [0, 0.1) is 5.92 Å². The molecule has 110 valence electrons. The average molecular weight is 281 g/mol. The van der Waals surface area contributed by atoms with Gasteiger partial charge in [0.15, 0.2) is 0 Å². The van der Waals surface area contributed by atoms with Gasteiger partial charge in [0.1, 0.15) is 17.5 Å². The van der Waals surface area contributed by atoms with E-state index in [-0.39, 0.29) is 11.5 Å². The summed E-state index contributed by atoms with van der Waals surface area (Å²) in [6.07, 6.45) is 0. The van der Waals surface area contributed by atoms with Crippen molar-refractivity contribution >= 4 is 11.9 Å². The lowest BCUT2D eigenvalue weighted by Crippen LogP contribution is -2.44. The van der Waals surface area contributed by atoms with E-state index in [0.29, 0.717) is 11.5 Å². The number of hydrogen-bond acceptors (Lipinski definition) is 4. The minimum absolute atomic E-state index is 0.229. The number of hydrogen-bond donors (Lipinski definition) is 2. The van der Waals surface area contributed by atoms with Crippen LogP contribution in [0.4, 0.5) is 0 Å². The largest absolute Gasteiger partial charge is 0.497 e. The first-order chi connectivity index (χ1) is 9.40. The van der Waals surface area contributed by atoms with Crippen molar-refractivity contribution < 1.29 is 24.2 Å². The number of nitrogens with one attached hydrogen (secondary N) is 1. The molecule has 1 amide bonds. The van der Waals surface area contributed by atoms with Crippen molar-refractivity contribution in [2.24, 2.45) is 5.92 Å². The summed E-state index contributed by atoms with van der Waals surface area (Å²) in [6.45, 7) is 3.45. The zero-order valence-electron chi connectivity index (χ0n) is 12.0. The van der Waals surface area contributed by atoms with Crippen molar-refractivity contribution in [1.29, 1.82) is 0 Å². The highest BCUT2D eigenvalue weighted by atomic mass is 16.5. The molecular weight excluding hydrogens is 262 g/mol. The molecule has 0 bridgehead atoms. The van der Waals surface area contributed by atoms with Gasteiger partial charge in [0.2, 0.25) is 0 Å². The summed E-state index contributed by atoms with van der Waals surface area (Å²) >= 11 is 0. The summed E-state index contributed by atoms with van der Waals surface area (Å²) in [7, 11) is 2.92. The SMILES string of the molecule is COc1ccc(OC)c(C(=O)N[C@@H](C(=O)O)C(C)C)c1. The van der Waals surface area contributed by atoms with Crippen LogP contribution in [0.2, 0.25) is 0 Å². The Morgan fingerprint density at radius 3 is 2.30 bits per heavy atom. The summed E-state index contributed by atoms with van der Waals surface area (Å²) in [4.78, 5) is 23.3. The molecule has 0 saturated heterocycles. The van der Waals surface area contributed by atoms with Crippen LogP contribution >= 0.6 is 0 Å². The van der Waals surface area contributed by atoms with Crippen molar-refractivity contribution in [1.82, 2.24) is 5.32 Å². The number of aliphatic carboxylic acids is 1. The Morgan fingerprint density at radius 2 is 1.85 bits per heavy atom. The van der Waals surface area contributed by atoms with Gasteiger partial charge < -0.3 is 19.9 Å². The Labute approximate surface area is 117 Å². The molecule has 1 aromatic rings. The van der Waals surface area contributed by atoms with Crippen LogP contribution in [0.5, 0.6) is 11.5 Å². The molecule has 0 heterocycles. The fraction of sp³-hybridized carbons (Fsp3) is 0.429. The maximum Gasteiger partial charge on any atom is 0.326 e. The van der Waals surface area contributed by atoms with Gasteiger partial charge in [-0.3, -0.25) is 4.79 Å². The summed E-state index contributed by atoms with van der Waals surface area (Å²) in [6, 6.07) is 3.80. The second-order valence-corrected chi connectivity index (χ2v) is 4.60. The van der Waals surface area contributed by atoms with Crippen LogP contribution in [0.3, 0.4) is 0 Å². The number of carboxylic acids is 1. The van der Waals surface area contributed by atoms with Crippen LogP contribution in [0.15, 0.2) is 18.2 Å². The number of rotatable bonds is 6. The highest BCUT2D eigenvalue weighted by molar-refractivity contribution is 5.99. The van der Waals surface area contributed by atoms with Gasteiger partial charge in [-0.2, -0.15) is 0 Å². The van der Waals surface area contributed by atoms with Gasteiger partial charge in [-0.15, -0.1) is 0 Å². The van der Waals surface area contributed by atoms with E-state index in [2.05, 4.69) is 5.32 Å². The predicted octanol–water partition coefficient (Wildman–Crippen LogP) is 1.54. The molecule has 0 saturated carbocycles. The van der Waals surface area contributed by atoms with Crippen LogP contribution in [0.1, 0.15) is 24.2 Å². The summed E-state index contributed by atoms with van der Waals surface area (Å²) < 4.78 is 10.2. The predicted molar refractivity (Wildman–Crippen MR) is 73.3 cm³/mol. The minimum Gasteiger partial charge on any atom is -0.497 e. The number of carboxylic acid groups (broad SMARTS) is 1. The molecule has 20 heavy (non-hydrogen) atoms. The third kappa shape index (κ3) is 3.63. The molecule has 1 rings (SSSR count). The molecule has 0 radical (unpaired) electrons. The normalized spacial score (nSPS) is 11.8. The number of benzene rings is 1. The molecule has 6 nitrogen and oxygen atoms in total. The van der Waals surface area contributed by atoms with E-state index in [4.69, 9.17) is 14.6 Å². The average Bonchev–Trinajstić information content (AvgIpc) is 2.42. The Kier molecular flexibility index (Phi) is 5.37. The quantitative estimate of drug-likeness (QED) is 0.826. The van der Waals surface area contributed by atoms with Crippen LogP contribution < -0.4 is 14.8 Å². The Bertz CT molecular complexity index is 498. The minimum atomic E-state index is -1.07. The lowest BCUT2D eigenvalue weighted by Gasteiger charge is -2.19. The Hall–Kier alpha value is -2.24. The van der Waals surface area contributed by atoms with Gasteiger partial charge in [0, 0.05) is 0 Å². The fourth-order valence-corrected chi connectivity index (χ4v) is 1.72. The topological polar surface area (TPSA) is 84.9 Å². The van der Waals surface area contributed by atoms with E-state index in [1.54, 1.807) is 26.0 Å². The van der Waals surface area contributed by atoms with E-state index >= 15 is 0 Å². The van der Waals surface area contributed by atoms with Gasteiger partial charge in [-0.1, -0.05) is 13.8 Å². The molecule has 0 fully saturated rings. The van der Waals surface area contributed by atoms with E-state index in [0.717, 1.165) is 0 Å². The Balaban J connectivity index is 3.04. The smallest absolute Gasteiger partial charge is 0.326 e. The zero-order chi connectivity index (χ0) is 15.3. The standard InChI is InChI=1S/C14H19NO5/c1-8(2)12(14(17)18)15-13(16)10-7-9(19-3)5-6-11(10)20-4/h5-8,12H,1-4H3,(H,15,16)(H,17,18)/t12-/m1/s1. The van der Waals surface area contributed by atoms with Crippen molar-refractivity contribution in [3.63, 3.8) is 0 Å². The summed E-state index contributed by atoms with van der Waals surface area (Å²) in [5, 5.41) is 11.6. The maximum absolute atomic E-state index is 12.2. The fourth-order valence-electron chi connectivity index (χ4n) is 1.72. The lowest BCUT2D eigenvalue weighted by atomic mass is 10.0. The number of carbonyl (C=O) groups excluding carboxylic acids is 1. The third-order valence-electron chi connectivity index (χ3n) is 2.87. The van der Waals surface area contributed by atoms with Gasteiger partial charge >= 0.3 is 5.97 Å². The van der Waals surface area contributed by atoms with Gasteiger partial charge in [-0.25, -0.2) is 4.79 Å². The van der Waals surface area contributed by atoms with E-state index in [9.17, 15) is 9.59 Å². The zero-order valence-corrected chi connectivity index (χ0v) is 12.0. The molecule has 0 aliphatic heterocycles. The van der Waals surface area contributed by atoms with Gasteiger partial charge in [-0.05, 0) is 24.1 Å². The summed E-state index contributed by atoms with van der Waals surface area (Å²) in [5.74, 6) is -0.964.